The molecule has 0 unspecified atom stereocenters. The van der Waals surface area contributed by atoms with E-state index in [-0.39, 0.29) is 11.0 Å². The van der Waals surface area contributed by atoms with Gasteiger partial charge >= 0.3 is 0 Å². The van der Waals surface area contributed by atoms with Crippen molar-refractivity contribution in [3.8, 4) is 11.5 Å². The second-order valence-corrected chi connectivity index (χ2v) is 8.84. The summed E-state index contributed by atoms with van der Waals surface area (Å²) in [5.41, 5.74) is 1.62. The van der Waals surface area contributed by atoms with E-state index in [1.54, 1.807) is 21.4 Å². The third kappa shape index (κ3) is 3.13. The third-order valence-electron chi connectivity index (χ3n) is 6.60. The summed E-state index contributed by atoms with van der Waals surface area (Å²) in [6.45, 7) is 6.15. The van der Waals surface area contributed by atoms with E-state index in [0.29, 0.717) is 60.3 Å². The molecule has 4 heterocycles. The smallest absolute Gasteiger partial charge is 0.277 e. The SMILES string of the molecule is CC1(c2nc(-c3ncn4c3c(=O)n(CCN3CCOCC3)c3cc(F)ccc34)no2)CC1. The van der Waals surface area contributed by atoms with Gasteiger partial charge in [-0.05, 0) is 31.0 Å². The van der Waals surface area contributed by atoms with Gasteiger partial charge in [-0.25, -0.2) is 9.37 Å². The third-order valence-corrected chi connectivity index (χ3v) is 6.60. The van der Waals surface area contributed by atoms with Gasteiger partial charge in [0, 0.05) is 31.6 Å². The van der Waals surface area contributed by atoms with Gasteiger partial charge in [0.05, 0.1) is 24.2 Å². The second kappa shape index (κ2) is 7.21. The lowest BCUT2D eigenvalue weighted by molar-refractivity contribution is 0.0364. The van der Waals surface area contributed by atoms with Gasteiger partial charge in [0.15, 0.2) is 0 Å². The number of morpholine rings is 1. The number of halogens is 1. The van der Waals surface area contributed by atoms with E-state index < -0.39 is 5.82 Å². The van der Waals surface area contributed by atoms with Gasteiger partial charge in [-0.15, -0.1) is 0 Å². The molecule has 6 rings (SSSR count). The van der Waals surface area contributed by atoms with Crippen molar-refractivity contribution in [2.75, 3.05) is 32.8 Å². The Morgan fingerprint density at radius 3 is 2.75 bits per heavy atom. The number of fused-ring (bicyclic) bond motifs is 3. The Bertz CT molecular complexity index is 1380. The molecule has 0 bridgehead atoms. The number of ether oxygens (including phenoxy) is 1. The maximum atomic E-state index is 14.1. The highest BCUT2D eigenvalue weighted by Gasteiger charge is 2.44. The van der Waals surface area contributed by atoms with Crippen molar-refractivity contribution in [2.24, 2.45) is 0 Å². The van der Waals surface area contributed by atoms with Crippen molar-refractivity contribution in [3.05, 3.63) is 46.6 Å². The van der Waals surface area contributed by atoms with Gasteiger partial charge in [-0.3, -0.25) is 14.1 Å². The molecule has 0 amide bonds. The molecule has 3 aromatic heterocycles. The van der Waals surface area contributed by atoms with Crippen molar-refractivity contribution in [3.63, 3.8) is 0 Å². The number of imidazole rings is 1. The van der Waals surface area contributed by atoms with Gasteiger partial charge < -0.3 is 13.8 Å². The molecule has 0 atom stereocenters. The van der Waals surface area contributed by atoms with Crippen molar-refractivity contribution >= 4 is 16.6 Å². The zero-order valence-corrected chi connectivity index (χ0v) is 17.8. The standard InChI is InChI=1S/C22H23FN6O3/c1-22(4-5-22)21-25-19(26-32-21)17-18-20(30)28(7-6-27-8-10-31-11-9-27)16-12-14(23)2-3-15(16)29(18)13-24-17/h2-3,12-13H,4-11H2,1H3. The zero-order valence-electron chi connectivity index (χ0n) is 17.8. The molecule has 9 nitrogen and oxygen atoms in total. The monoisotopic (exact) mass is 438 g/mol. The van der Waals surface area contributed by atoms with Crippen LogP contribution in [0, 0.1) is 5.82 Å². The Kier molecular flexibility index (Phi) is 4.41. The Morgan fingerprint density at radius 1 is 1.16 bits per heavy atom. The molecule has 1 saturated carbocycles. The quantitative estimate of drug-likeness (QED) is 0.472. The Labute approximate surface area is 182 Å². The van der Waals surface area contributed by atoms with E-state index in [1.807, 2.05) is 0 Å². The highest BCUT2D eigenvalue weighted by molar-refractivity contribution is 5.83. The average molecular weight is 438 g/mol. The van der Waals surface area contributed by atoms with Crippen LogP contribution in [-0.2, 0) is 16.7 Å². The van der Waals surface area contributed by atoms with Crippen LogP contribution in [0.15, 0.2) is 33.8 Å². The van der Waals surface area contributed by atoms with Crippen molar-refractivity contribution in [1.82, 2.24) is 29.0 Å². The summed E-state index contributed by atoms with van der Waals surface area (Å²) in [6.07, 6.45) is 3.57. The minimum Gasteiger partial charge on any atom is -0.379 e. The summed E-state index contributed by atoms with van der Waals surface area (Å²) in [5.74, 6) is 0.482. The van der Waals surface area contributed by atoms with E-state index in [2.05, 4.69) is 26.9 Å². The number of hydrogen-bond acceptors (Lipinski definition) is 7. The first-order valence-corrected chi connectivity index (χ1v) is 10.9. The number of benzene rings is 1. The first-order chi connectivity index (χ1) is 15.5. The van der Waals surface area contributed by atoms with Gasteiger partial charge in [0.1, 0.15) is 23.4 Å². The van der Waals surface area contributed by atoms with Crippen LogP contribution in [0.4, 0.5) is 4.39 Å². The predicted molar refractivity (Wildman–Crippen MR) is 114 cm³/mol. The number of nitrogens with zero attached hydrogens (tertiary/aromatic N) is 6. The van der Waals surface area contributed by atoms with Gasteiger partial charge in [-0.2, -0.15) is 4.98 Å². The molecular weight excluding hydrogens is 415 g/mol. The Morgan fingerprint density at radius 2 is 1.97 bits per heavy atom. The fourth-order valence-electron chi connectivity index (χ4n) is 4.31. The fraction of sp³-hybridized carbons (Fsp3) is 0.455. The molecule has 32 heavy (non-hydrogen) atoms. The molecular formula is C22H23FN6O3. The van der Waals surface area contributed by atoms with Crippen molar-refractivity contribution in [1.29, 1.82) is 0 Å². The molecule has 2 fully saturated rings. The van der Waals surface area contributed by atoms with Crippen LogP contribution in [0.1, 0.15) is 25.7 Å². The normalized spacial score (nSPS) is 18.6. The summed E-state index contributed by atoms with van der Waals surface area (Å²) in [4.78, 5) is 24.9. The van der Waals surface area contributed by atoms with Crippen LogP contribution < -0.4 is 5.56 Å². The molecule has 1 aliphatic carbocycles. The van der Waals surface area contributed by atoms with Crippen LogP contribution in [0.3, 0.4) is 0 Å². The van der Waals surface area contributed by atoms with E-state index in [1.165, 1.54) is 12.1 Å². The summed E-state index contributed by atoms with van der Waals surface area (Å²) in [5, 5.41) is 4.11. The van der Waals surface area contributed by atoms with Crippen LogP contribution >= 0.6 is 0 Å². The molecule has 0 radical (unpaired) electrons. The summed E-state index contributed by atoms with van der Waals surface area (Å²) < 4.78 is 28.3. The largest absolute Gasteiger partial charge is 0.379 e. The fourth-order valence-corrected chi connectivity index (χ4v) is 4.31. The Balaban J connectivity index is 1.49. The number of aromatic nitrogens is 5. The molecule has 0 spiro atoms. The van der Waals surface area contributed by atoms with Crippen molar-refractivity contribution in [2.45, 2.75) is 31.7 Å². The molecule has 166 valence electrons. The highest BCUT2D eigenvalue weighted by atomic mass is 19.1. The lowest BCUT2D eigenvalue weighted by Crippen LogP contribution is -2.39. The lowest BCUT2D eigenvalue weighted by atomic mass is 10.1. The predicted octanol–water partition coefficient (Wildman–Crippen LogP) is 2.22. The molecule has 2 aliphatic rings. The molecule has 1 aliphatic heterocycles. The number of rotatable bonds is 5. The summed E-state index contributed by atoms with van der Waals surface area (Å²) >= 11 is 0. The topological polar surface area (TPSA) is 90.7 Å². The molecule has 0 N–H and O–H groups in total. The maximum Gasteiger partial charge on any atom is 0.277 e. The van der Waals surface area contributed by atoms with E-state index in [9.17, 15) is 9.18 Å². The molecule has 4 aromatic rings. The van der Waals surface area contributed by atoms with E-state index in [0.717, 1.165) is 25.9 Å². The van der Waals surface area contributed by atoms with Crippen LogP contribution in [0.2, 0.25) is 0 Å². The van der Waals surface area contributed by atoms with Gasteiger partial charge in [-0.1, -0.05) is 12.1 Å². The van der Waals surface area contributed by atoms with Crippen LogP contribution in [-0.4, -0.2) is 61.8 Å². The highest BCUT2D eigenvalue weighted by Crippen LogP contribution is 2.47. The first kappa shape index (κ1) is 19.6. The Hall–Kier alpha value is -3.11. The van der Waals surface area contributed by atoms with Crippen molar-refractivity contribution < 1.29 is 13.7 Å². The summed E-state index contributed by atoms with van der Waals surface area (Å²) in [6, 6.07) is 4.45. The van der Waals surface area contributed by atoms with Crippen LogP contribution in [0.25, 0.3) is 28.1 Å². The minimum atomic E-state index is -0.391. The minimum absolute atomic E-state index is 0.0800. The van der Waals surface area contributed by atoms with E-state index >= 15 is 0 Å². The molecule has 1 saturated heterocycles. The average Bonchev–Trinajstić information content (AvgIpc) is 3.19. The lowest BCUT2D eigenvalue weighted by Gasteiger charge is -2.27. The van der Waals surface area contributed by atoms with Gasteiger partial charge in [0.2, 0.25) is 11.7 Å². The zero-order chi connectivity index (χ0) is 21.9. The second-order valence-electron chi connectivity index (χ2n) is 8.84. The molecule has 10 heteroatoms. The maximum absolute atomic E-state index is 14.1. The molecule has 1 aromatic carbocycles. The summed E-state index contributed by atoms with van der Waals surface area (Å²) in [7, 11) is 0. The van der Waals surface area contributed by atoms with Gasteiger partial charge in [0.25, 0.3) is 5.56 Å². The van der Waals surface area contributed by atoms with Crippen LogP contribution in [0.5, 0.6) is 0 Å². The first-order valence-electron chi connectivity index (χ1n) is 10.9. The number of hydrogen-bond donors (Lipinski definition) is 0. The van der Waals surface area contributed by atoms with E-state index in [4.69, 9.17) is 9.26 Å².